The van der Waals surface area contributed by atoms with Crippen molar-refractivity contribution in [1.29, 1.82) is 0 Å². The number of hydrogen-bond acceptors (Lipinski definition) is 3. The van der Waals surface area contributed by atoms with E-state index in [4.69, 9.17) is 16.7 Å². The molecular weight excluding hydrogens is 348 g/mol. The Labute approximate surface area is 110 Å². The Morgan fingerprint density at radius 1 is 1.50 bits per heavy atom. The van der Waals surface area contributed by atoms with Gasteiger partial charge in [-0.25, -0.2) is 10.3 Å². The lowest BCUT2D eigenvalue weighted by Crippen LogP contribution is -2.26. The molecule has 0 unspecified atom stereocenters. The van der Waals surface area contributed by atoms with E-state index in [1.807, 2.05) is 28.1 Å². The first kappa shape index (κ1) is 13.2. The number of hydrogen-bond donors (Lipinski definition) is 2. The van der Waals surface area contributed by atoms with Gasteiger partial charge in [0.2, 0.25) is 0 Å². The average Bonchev–Trinajstić information content (AvgIpc) is 2.21. The van der Waals surface area contributed by atoms with Crippen LogP contribution in [0.5, 0.6) is 0 Å². The maximum Gasteiger partial charge on any atom is 0.332 e. The summed E-state index contributed by atoms with van der Waals surface area (Å²) in [7, 11) is 0. The van der Waals surface area contributed by atoms with Crippen LogP contribution in [0.2, 0.25) is 5.02 Å². The number of benzene rings is 1. The Morgan fingerprint density at radius 3 is 2.75 bits per heavy atom. The summed E-state index contributed by atoms with van der Waals surface area (Å²) in [6.07, 6.45) is 0. The van der Waals surface area contributed by atoms with Crippen molar-refractivity contribution >= 4 is 46.1 Å². The molecule has 1 aromatic carbocycles. The van der Waals surface area contributed by atoms with E-state index < -0.39 is 18.5 Å². The number of amides is 1. The van der Waals surface area contributed by atoms with Crippen LogP contribution in [-0.2, 0) is 9.63 Å². The van der Waals surface area contributed by atoms with E-state index in [1.54, 1.807) is 12.1 Å². The molecule has 16 heavy (non-hydrogen) atoms. The van der Waals surface area contributed by atoms with Crippen LogP contribution in [0, 0.1) is 3.57 Å². The minimum atomic E-state index is -1.17. The van der Waals surface area contributed by atoms with Crippen molar-refractivity contribution in [2.75, 3.05) is 6.61 Å². The molecule has 0 spiro atoms. The van der Waals surface area contributed by atoms with Gasteiger partial charge >= 0.3 is 5.97 Å². The highest BCUT2D eigenvalue weighted by atomic mass is 127. The number of carbonyl (C=O) groups excluding carboxylic acids is 1. The highest BCUT2D eigenvalue weighted by Crippen LogP contribution is 2.19. The van der Waals surface area contributed by atoms with E-state index in [0.29, 0.717) is 10.6 Å². The number of nitrogens with one attached hydrogen (secondary N) is 1. The molecule has 2 N–H and O–H groups in total. The van der Waals surface area contributed by atoms with Crippen LogP contribution in [-0.4, -0.2) is 23.6 Å². The maximum atomic E-state index is 11.4. The van der Waals surface area contributed by atoms with E-state index in [0.717, 1.165) is 3.57 Å². The number of carbonyl (C=O) groups is 2. The molecule has 0 atom stereocenters. The molecule has 1 rings (SSSR count). The van der Waals surface area contributed by atoms with Crippen molar-refractivity contribution in [3.63, 3.8) is 0 Å². The first-order valence-corrected chi connectivity index (χ1v) is 5.55. The number of rotatable bonds is 4. The Hall–Kier alpha value is -0.860. The van der Waals surface area contributed by atoms with Crippen LogP contribution < -0.4 is 5.48 Å². The normalized spacial score (nSPS) is 9.88. The van der Waals surface area contributed by atoms with Gasteiger partial charge in [0, 0.05) is 9.13 Å². The third-order valence-corrected chi connectivity index (χ3v) is 3.11. The molecule has 0 aliphatic carbocycles. The number of aliphatic carboxylic acids is 1. The Morgan fingerprint density at radius 2 is 2.19 bits per heavy atom. The third kappa shape index (κ3) is 3.95. The van der Waals surface area contributed by atoms with E-state index in [2.05, 4.69) is 4.84 Å². The monoisotopic (exact) mass is 355 g/mol. The van der Waals surface area contributed by atoms with Gasteiger partial charge in [-0.15, -0.1) is 0 Å². The van der Waals surface area contributed by atoms with E-state index in [-0.39, 0.29) is 0 Å². The van der Waals surface area contributed by atoms with Crippen molar-refractivity contribution in [1.82, 2.24) is 5.48 Å². The lowest BCUT2D eigenvalue weighted by Gasteiger charge is -2.04. The molecule has 86 valence electrons. The molecule has 0 aromatic heterocycles. The summed E-state index contributed by atoms with van der Waals surface area (Å²) in [6, 6.07) is 4.71. The van der Waals surface area contributed by atoms with E-state index in [9.17, 15) is 9.59 Å². The number of hydroxylamine groups is 1. The Balaban J connectivity index is 2.59. The number of carboxylic acids is 1. The van der Waals surface area contributed by atoms with E-state index >= 15 is 0 Å². The fourth-order valence-electron chi connectivity index (χ4n) is 0.860. The maximum absolute atomic E-state index is 11.4. The summed E-state index contributed by atoms with van der Waals surface area (Å²) >= 11 is 7.85. The first-order chi connectivity index (χ1) is 7.50. The second-order valence-corrected chi connectivity index (χ2v) is 4.31. The molecule has 0 aliphatic rings. The highest BCUT2D eigenvalue weighted by molar-refractivity contribution is 14.1. The van der Waals surface area contributed by atoms with Crippen LogP contribution in [0.4, 0.5) is 0 Å². The lowest BCUT2D eigenvalue weighted by atomic mass is 10.2. The molecule has 0 bridgehead atoms. The van der Waals surface area contributed by atoms with E-state index in [1.165, 1.54) is 6.07 Å². The zero-order valence-corrected chi connectivity index (χ0v) is 10.8. The predicted octanol–water partition coefficient (Wildman–Crippen LogP) is 1.69. The molecule has 0 aliphatic heterocycles. The molecule has 7 heteroatoms. The molecule has 0 heterocycles. The molecule has 0 saturated heterocycles. The van der Waals surface area contributed by atoms with Gasteiger partial charge in [0.25, 0.3) is 5.91 Å². The van der Waals surface area contributed by atoms with Crippen LogP contribution in [0.25, 0.3) is 0 Å². The minimum absolute atomic E-state index is 0.302. The van der Waals surface area contributed by atoms with Gasteiger partial charge in [0.05, 0.1) is 5.02 Å². The smallest absolute Gasteiger partial charge is 0.332 e. The minimum Gasteiger partial charge on any atom is -0.479 e. The largest absolute Gasteiger partial charge is 0.479 e. The summed E-state index contributed by atoms with van der Waals surface area (Å²) in [5.74, 6) is -1.71. The van der Waals surface area contributed by atoms with Crippen molar-refractivity contribution in [2.45, 2.75) is 0 Å². The second-order valence-electron chi connectivity index (χ2n) is 2.74. The van der Waals surface area contributed by atoms with Crippen molar-refractivity contribution < 1.29 is 19.5 Å². The van der Waals surface area contributed by atoms with Gasteiger partial charge in [0.15, 0.2) is 6.61 Å². The van der Waals surface area contributed by atoms with Crippen LogP contribution in [0.3, 0.4) is 0 Å². The lowest BCUT2D eigenvalue weighted by molar-refractivity contribution is -0.144. The summed E-state index contributed by atoms with van der Waals surface area (Å²) in [5, 5.41) is 8.73. The Bertz CT molecular complexity index is 424. The van der Waals surface area contributed by atoms with Crippen molar-refractivity contribution in [3.8, 4) is 0 Å². The zero-order chi connectivity index (χ0) is 12.1. The predicted molar refractivity (Wildman–Crippen MR) is 65.2 cm³/mol. The summed E-state index contributed by atoms with van der Waals surface area (Å²) in [6.45, 7) is -0.593. The summed E-state index contributed by atoms with van der Waals surface area (Å²) in [4.78, 5) is 26.0. The van der Waals surface area contributed by atoms with Gasteiger partial charge in [-0.3, -0.25) is 9.63 Å². The zero-order valence-electron chi connectivity index (χ0n) is 7.87. The molecule has 1 aromatic rings. The molecule has 0 radical (unpaired) electrons. The topological polar surface area (TPSA) is 75.6 Å². The molecule has 1 amide bonds. The fraction of sp³-hybridized carbons (Fsp3) is 0.111. The van der Waals surface area contributed by atoms with Gasteiger partial charge in [-0.05, 0) is 40.8 Å². The van der Waals surface area contributed by atoms with Crippen LogP contribution in [0.15, 0.2) is 18.2 Å². The van der Waals surface area contributed by atoms with Crippen molar-refractivity contribution in [2.24, 2.45) is 0 Å². The highest BCUT2D eigenvalue weighted by Gasteiger charge is 2.08. The van der Waals surface area contributed by atoms with Crippen molar-refractivity contribution in [3.05, 3.63) is 32.4 Å². The SMILES string of the molecule is O=C(O)CONC(=O)c1ccc(I)c(Cl)c1. The summed E-state index contributed by atoms with van der Waals surface area (Å²) < 4.78 is 0.822. The Kier molecular flexibility index (Phi) is 4.97. The molecule has 0 fully saturated rings. The van der Waals surface area contributed by atoms with Crippen LogP contribution in [0.1, 0.15) is 10.4 Å². The molecular formula is C9H7ClINO4. The molecule has 0 saturated carbocycles. The summed E-state index contributed by atoms with van der Waals surface area (Å²) in [5.41, 5.74) is 2.30. The average molecular weight is 356 g/mol. The standard InChI is InChI=1S/C9H7ClINO4/c10-6-3-5(1-2-7(6)11)9(15)12-16-4-8(13)14/h1-3H,4H2,(H,12,15)(H,13,14). The molecule has 5 nitrogen and oxygen atoms in total. The van der Waals surface area contributed by atoms with Gasteiger partial charge in [0.1, 0.15) is 0 Å². The number of halogens is 2. The first-order valence-electron chi connectivity index (χ1n) is 4.09. The van der Waals surface area contributed by atoms with Gasteiger partial charge < -0.3 is 5.11 Å². The van der Waals surface area contributed by atoms with Crippen LogP contribution >= 0.6 is 34.2 Å². The second kappa shape index (κ2) is 6.02. The quantitative estimate of drug-likeness (QED) is 0.637. The third-order valence-electron chi connectivity index (χ3n) is 1.54. The van der Waals surface area contributed by atoms with Gasteiger partial charge in [-0.2, -0.15) is 0 Å². The number of carboxylic acid groups (broad SMARTS) is 1. The van der Waals surface area contributed by atoms with Gasteiger partial charge in [-0.1, -0.05) is 11.6 Å². The fourth-order valence-corrected chi connectivity index (χ4v) is 1.38.